The largest absolute Gasteiger partial charge is 0.361 e. The zero-order valence-corrected chi connectivity index (χ0v) is 16.8. The van der Waals surface area contributed by atoms with E-state index in [4.69, 9.17) is 23.8 Å². The Morgan fingerprint density at radius 3 is 2.63 bits per heavy atom. The van der Waals surface area contributed by atoms with Gasteiger partial charge in [0.15, 0.2) is 5.11 Å². The highest BCUT2D eigenvalue weighted by molar-refractivity contribution is 7.80. The fourth-order valence-electron chi connectivity index (χ4n) is 3.95. The Bertz CT molecular complexity index is 930. The van der Waals surface area contributed by atoms with Crippen molar-refractivity contribution in [3.05, 3.63) is 65.3 Å². The van der Waals surface area contributed by atoms with E-state index in [9.17, 15) is 0 Å². The molecule has 0 amide bonds. The minimum absolute atomic E-state index is 0.468. The topological polar surface area (TPSA) is 31.1 Å². The van der Waals surface area contributed by atoms with E-state index in [1.807, 2.05) is 24.3 Å². The lowest BCUT2D eigenvalue weighted by atomic mass is 9.94. The molecule has 3 nitrogen and oxygen atoms in total. The van der Waals surface area contributed by atoms with E-state index in [1.165, 1.54) is 48.6 Å². The molecule has 5 heteroatoms. The number of hydrogen-bond donors (Lipinski definition) is 2. The average molecular weight is 398 g/mol. The van der Waals surface area contributed by atoms with Gasteiger partial charge >= 0.3 is 0 Å². The van der Waals surface area contributed by atoms with Crippen molar-refractivity contribution in [2.45, 2.75) is 44.7 Å². The van der Waals surface area contributed by atoms with Crippen LogP contribution in [0.2, 0.25) is 5.02 Å². The lowest BCUT2D eigenvalue weighted by Gasteiger charge is -2.36. The molecule has 0 bridgehead atoms. The summed E-state index contributed by atoms with van der Waals surface area (Å²) in [6.45, 7) is 0.797. The number of H-pyrrole nitrogens is 1. The molecular formula is C22H24ClN3S. The number of nitrogens with zero attached hydrogens (tertiary/aromatic N) is 1. The van der Waals surface area contributed by atoms with Gasteiger partial charge in [-0.2, -0.15) is 0 Å². The van der Waals surface area contributed by atoms with Gasteiger partial charge in [0.25, 0.3) is 0 Å². The molecule has 27 heavy (non-hydrogen) atoms. The summed E-state index contributed by atoms with van der Waals surface area (Å²) < 4.78 is 0. The maximum atomic E-state index is 6.33. The number of anilines is 1. The molecule has 0 unspecified atom stereocenters. The summed E-state index contributed by atoms with van der Waals surface area (Å²) in [5.74, 6) is 0. The fourth-order valence-corrected chi connectivity index (χ4v) is 4.46. The summed E-state index contributed by atoms with van der Waals surface area (Å²) in [7, 11) is 0. The normalized spacial score (nSPS) is 15.0. The Balaban J connectivity index is 1.60. The van der Waals surface area contributed by atoms with Crippen LogP contribution in [0.4, 0.5) is 5.69 Å². The number of thiocarbonyl (C=S) groups is 1. The molecule has 1 saturated carbocycles. The van der Waals surface area contributed by atoms with Gasteiger partial charge in [-0.15, -0.1) is 0 Å². The predicted molar refractivity (Wildman–Crippen MR) is 118 cm³/mol. The second kappa shape index (κ2) is 8.32. The van der Waals surface area contributed by atoms with Crippen molar-refractivity contribution in [3.63, 3.8) is 0 Å². The molecule has 0 spiro atoms. The molecule has 2 N–H and O–H groups in total. The van der Waals surface area contributed by atoms with Crippen LogP contribution in [0.15, 0.2) is 54.7 Å². The first-order chi connectivity index (χ1) is 13.2. The van der Waals surface area contributed by atoms with Crippen LogP contribution < -0.4 is 5.32 Å². The highest BCUT2D eigenvalue weighted by Gasteiger charge is 2.24. The van der Waals surface area contributed by atoms with Crippen LogP contribution >= 0.6 is 23.8 Å². The first kappa shape index (κ1) is 18.3. The zero-order valence-electron chi connectivity index (χ0n) is 15.2. The number of aromatic nitrogens is 1. The van der Waals surface area contributed by atoms with Crippen LogP contribution in [-0.4, -0.2) is 21.0 Å². The number of halogens is 1. The van der Waals surface area contributed by atoms with Gasteiger partial charge in [0.2, 0.25) is 0 Å². The summed E-state index contributed by atoms with van der Waals surface area (Å²) in [6, 6.07) is 16.7. The van der Waals surface area contributed by atoms with E-state index < -0.39 is 0 Å². The fraction of sp³-hybridized carbons (Fsp3) is 0.318. The summed E-state index contributed by atoms with van der Waals surface area (Å²) in [6.07, 6.45) is 8.34. The maximum Gasteiger partial charge on any atom is 0.174 e. The lowest BCUT2D eigenvalue weighted by Crippen LogP contribution is -2.43. The van der Waals surface area contributed by atoms with Crippen LogP contribution in [0.5, 0.6) is 0 Å². The number of fused-ring (bicyclic) bond motifs is 1. The van der Waals surface area contributed by atoms with Crippen molar-refractivity contribution < 1.29 is 0 Å². The smallest absolute Gasteiger partial charge is 0.174 e. The second-order valence-electron chi connectivity index (χ2n) is 7.19. The number of nitrogens with one attached hydrogen (secondary N) is 2. The van der Waals surface area contributed by atoms with Gasteiger partial charge < -0.3 is 15.2 Å². The third-order valence-electron chi connectivity index (χ3n) is 5.41. The van der Waals surface area contributed by atoms with Gasteiger partial charge in [0.05, 0.1) is 10.7 Å². The summed E-state index contributed by atoms with van der Waals surface area (Å²) in [5.41, 5.74) is 3.31. The molecule has 1 aromatic heterocycles. The molecule has 0 aliphatic heterocycles. The number of aromatic amines is 1. The minimum Gasteiger partial charge on any atom is -0.361 e. The van der Waals surface area contributed by atoms with Crippen molar-refractivity contribution in [2.24, 2.45) is 0 Å². The molecule has 1 aliphatic carbocycles. The number of hydrogen-bond acceptors (Lipinski definition) is 1. The molecule has 1 fully saturated rings. The highest BCUT2D eigenvalue weighted by atomic mass is 35.5. The standard InChI is InChI=1S/C22H24ClN3S/c23-19-11-5-7-13-21(19)25-22(27)26(17-8-2-1-3-9-17)15-16-14-24-20-12-6-4-10-18(16)20/h4-7,10-14,17,24H,1-3,8-9,15H2,(H,25,27). The Morgan fingerprint density at radius 2 is 1.81 bits per heavy atom. The molecule has 4 rings (SSSR count). The number of benzene rings is 2. The summed E-state index contributed by atoms with van der Waals surface area (Å²) in [4.78, 5) is 5.74. The first-order valence-corrected chi connectivity index (χ1v) is 10.4. The van der Waals surface area contributed by atoms with E-state index in [1.54, 1.807) is 0 Å². The SMILES string of the molecule is S=C(Nc1ccccc1Cl)N(Cc1c[nH]c2ccccc12)C1CCCCC1. The van der Waals surface area contributed by atoms with Crippen molar-refractivity contribution in [2.75, 3.05) is 5.32 Å². The first-order valence-electron chi connectivity index (χ1n) is 9.59. The van der Waals surface area contributed by atoms with Gasteiger partial charge in [0, 0.05) is 29.7 Å². The Morgan fingerprint density at radius 1 is 1.07 bits per heavy atom. The molecule has 0 atom stereocenters. The van der Waals surface area contributed by atoms with E-state index >= 15 is 0 Å². The summed E-state index contributed by atoms with van der Waals surface area (Å²) in [5, 5.41) is 6.09. The predicted octanol–water partition coefficient (Wildman–Crippen LogP) is 6.35. The zero-order chi connectivity index (χ0) is 18.6. The van der Waals surface area contributed by atoms with Crippen molar-refractivity contribution in [1.82, 2.24) is 9.88 Å². The van der Waals surface area contributed by atoms with E-state index in [0.717, 1.165) is 17.3 Å². The average Bonchev–Trinajstić information content (AvgIpc) is 3.11. The van der Waals surface area contributed by atoms with Crippen molar-refractivity contribution >= 4 is 45.5 Å². The van der Waals surface area contributed by atoms with Gasteiger partial charge in [0.1, 0.15) is 0 Å². The van der Waals surface area contributed by atoms with Crippen molar-refractivity contribution in [1.29, 1.82) is 0 Å². The monoisotopic (exact) mass is 397 g/mol. The molecule has 0 saturated heterocycles. The number of rotatable bonds is 4. The molecule has 3 aromatic rings. The molecule has 1 heterocycles. The van der Waals surface area contributed by atoms with Gasteiger partial charge in [-0.05, 0) is 48.8 Å². The van der Waals surface area contributed by atoms with Crippen LogP contribution in [-0.2, 0) is 6.54 Å². The highest BCUT2D eigenvalue weighted by Crippen LogP contribution is 2.28. The lowest BCUT2D eigenvalue weighted by molar-refractivity contribution is 0.241. The van der Waals surface area contributed by atoms with E-state index in [-0.39, 0.29) is 0 Å². The molecule has 1 aliphatic rings. The second-order valence-corrected chi connectivity index (χ2v) is 7.98. The summed E-state index contributed by atoms with van der Waals surface area (Å²) >= 11 is 12.2. The van der Waals surface area contributed by atoms with Gasteiger partial charge in [-0.25, -0.2) is 0 Å². The van der Waals surface area contributed by atoms with E-state index in [2.05, 4.69) is 45.7 Å². The molecular weight excluding hydrogens is 374 g/mol. The van der Waals surface area contributed by atoms with Crippen LogP contribution in [0.3, 0.4) is 0 Å². The molecule has 0 radical (unpaired) electrons. The van der Waals surface area contributed by atoms with Gasteiger partial charge in [-0.1, -0.05) is 61.2 Å². The third kappa shape index (κ3) is 4.12. The Hall–Kier alpha value is -2.04. The number of para-hydroxylation sites is 2. The minimum atomic E-state index is 0.468. The maximum absolute atomic E-state index is 6.33. The third-order valence-corrected chi connectivity index (χ3v) is 6.07. The van der Waals surface area contributed by atoms with Crippen molar-refractivity contribution in [3.8, 4) is 0 Å². The molecule has 2 aromatic carbocycles. The van der Waals surface area contributed by atoms with Crippen LogP contribution in [0.25, 0.3) is 10.9 Å². The van der Waals surface area contributed by atoms with E-state index in [0.29, 0.717) is 11.1 Å². The Kier molecular flexibility index (Phi) is 5.65. The van der Waals surface area contributed by atoms with Crippen LogP contribution in [0, 0.1) is 0 Å². The Labute approximate surface area is 170 Å². The van der Waals surface area contributed by atoms with Crippen LogP contribution in [0.1, 0.15) is 37.7 Å². The quantitative estimate of drug-likeness (QED) is 0.502. The molecule has 140 valence electrons. The van der Waals surface area contributed by atoms with Gasteiger partial charge in [-0.3, -0.25) is 0 Å².